The summed E-state index contributed by atoms with van der Waals surface area (Å²) >= 11 is 0. The second-order valence-corrected chi connectivity index (χ2v) is 3.17. The first-order chi connectivity index (χ1) is 7.15. The van der Waals surface area contributed by atoms with Gasteiger partial charge in [-0.1, -0.05) is 12.1 Å². The zero-order valence-electron chi connectivity index (χ0n) is 7.77. The van der Waals surface area contributed by atoms with E-state index in [4.69, 9.17) is 5.11 Å². The van der Waals surface area contributed by atoms with Crippen molar-refractivity contribution in [3.8, 4) is 22.8 Å². The van der Waals surface area contributed by atoms with Crippen molar-refractivity contribution in [3.63, 3.8) is 0 Å². The molecule has 0 saturated heterocycles. The van der Waals surface area contributed by atoms with Gasteiger partial charge in [-0.2, -0.15) is 0 Å². The van der Waals surface area contributed by atoms with Crippen molar-refractivity contribution in [1.82, 2.24) is 4.98 Å². The minimum absolute atomic E-state index is 0.160. The highest BCUT2D eigenvalue weighted by Crippen LogP contribution is 2.22. The number of aromatic nitrogens is 1. The predicted molar refractivity (Wildman–Crippen MR) is 55.8 cm³/mol. The molecule has 0 atom stereocenters. The molecule has 1 heterocycles. The number of pyridine rings is 1. The molecule has 4 heteroatoms. The highest BCUT2D eigenvalue weighted by molar-refractivity contribution is 5.64. The average Bonchev–Trinajstić information content (AvgIpc) is 2.17. The van der Waals surface area contributed by atoms with Crippen LogP contribution in [0.4, 0.5) is 0 Å². The summed E-state index contributed by atoms with van der Waals surface area (Å²) in [5, 5.41) is 18.3. The number of aromatic hydroxyl groups is 2. The van der Waals surface area contributed by atoms with Gasteiger partial charge in [0, 0.05) is 12.1 Å². The van der Waals surface area contributed by atoms with Crippen molar-refractivity contribution in [1.29, 1.82) is 0 Å². The van der Waals surface area contributed by atoms with Gasteiger partial charge in [0.15, 0.2) is 5.88 Å². The van der Waals surface area contributed by atoms with E-state index in [1.54, 1.807) is 12.1 Å². The van der Waals surface area contributed by atoms with Gasteiger partial charge >= 0.3 is 0 Å². The van der Waals surface area contributed by atoms with Crippen LogP contribution in [-0.2, 0) is 0 Å². The molecule has 0 saturated carbocycles. The number of rotatable bonds is 1. The Balaban J connectivity index is 2.54. The summed E-state index contributed by atoms with van der Waals surface area (Å²) in [5.41, 5.74) is 1.00. The molecule has 2 aromatic rings. The first-order valence-corrected chi connectivity index (χ1v) is 4.38. The van der Waals surface area contributed by atoms with Gasteiger partial charge in [-0.15, -0.1) is 0 Å². The third-order valence-electron chi connectivity index (χ3n) is 2.03. The van der Waals surface area contributed by atoms with E-state index in [1.807, 2.05) is 0 Å². The molecule has 15 heavy (non-hydrogen) atoms. The van der Waals surface area contributed by atoms with Crippen molar-refractivity contribution >= 4 is 0 Å². The molecule has 3 N–H and O–H groups in total. The lowest BCUT2D eigenvalue weighted by Gasteiger charge is -2.01. The molecule has 0 amide bonds. The van der Waals surface area contributed by atoms with E-state index in [0.29, 0.717) is 5.56 Å². The maximum atomic E-state index is 11.1. The quantitative estimate of drug-likeness (QED) is 0.656. The minimum Gasteiger partial charge on any atom is -0.508 e. The van der Waals surface area contributed by atoms with Crippen LogP contribution < -0.4 is 5.56 Å². The molecule has 0 aliphatic rings. The van der Waals surface area contributed by atoms with Crippen LogP contribution in [0, 0.1) is 0 Å². The molecule has 76 valence electrons. The maximum Gasteiger partial charge on any atom is 0.251 e. The Hall–Kier alpha value is -2.23. The van der Waals surface area contributed by atoms with E-state index in [9.17, 15) is 9.90 Å². The zero-order chi connectivity index (χ0) is 10.8. The summed E-state index contributed by atoms with van der Waals surface area (Å²) in [5.74, 6) is -0.0154. The number of hydrogen-bond acceptors (Lipinski definition) is 3. The molecular formula is C11H9NO3. The van der Waals surface area contributed by atoms with Gasteiger partial charge < -0.3 is 10.2 Å². The van der Waals surface area contributed by atoms with E-state index in [-0.39, 0.29) is 17.2 Å². The van der Waals surface area contributed by atoms with Crippen molar-refractivity contribution < 1.29 is 10.2 Å². The van der Waals surface area contributed by atoms with Crippen molar-refractivity contribution in [3.05, 3.63) is 46.8 Å². The van der Waals surface area contributed by atoms with Crippen LogP contribution in [0.3, 0.4) is 0 Å². The predicted octanol–water partition coefficient (Wildman–Crippen LogP) is 1.45. The Labute approximate surface area is 85.5 Å². The van der Waals surface area contributed by atoms with Gasteiger partial charge in [-0.05, 0) is 23.3 Å². The number of benzene rings is 1. The Morgan fingerprint density at radius 2 is 1.60 bits per heavy atom. The fourth-order valence-electron chi connectivity index (χ4n) is 1.35. The number of hydrogen-bond donors (Lipinski definition) is 3. The minimum atomic E-state index is -0.363. The Kier molecular flexibility index (Phi) is 2.17. The van der Waals surface area contributed by atoms with Crippen LogP contribution >= 0.6 is 0 Å². The van der Waals surface area contributed by atoms with E-state index in [0.717, 1.165) is 5.56 Å². The average molecular weight is 203 g/mol. The summed E-state index contributed by atoms with van der Waals surface area (Å²) in [6.45, 7) is 0. The number of phenols is 1. The standard InChI is InChI=1S/C11H9NO3/c13-9-3-1-7(2-4-9)8-5-10(14)12-11(15)6-8/h1-6,13H,(H2,12,14,15). The molecule has 0 radical (unpaired) electrons. The lowest BCUT2D eigenvalue weighted by Crippen LogP contribution is -2.02. The van der Waals surface area contributed by atoms with Crippen LogP contribution in [0.2, 0.25) is 0 Å². The lowest BCUT2D eigenvalue weighted by molar-refractivity contribution is 0.452. The molecule has 0 aliphatic heterocycles. The van der Waals surface area contributed by atoms with Gasteiger partial charge in [0.05, 0.1) is 0 Å². The third-order valence-corrected chi connectivity index (χ3v) is 2.03. The second-order valence-electron chi connectivity index (χ2n) is 3.17. The zero-order valence-corrected chi connectivity index (χ0v) is 7.77. The molecule has 0 unspecified atom stereocenters. The molecular weight excluding hydrogens is 194 g/mol. The van der Waals surface area contributed by atoms with Crippen LogP contribution in [0.5, 0.6) is 11.6 Å². The molecule has 1 aromatic carbocycles. The van der Waals surface area contributed by atoms with E-state index in [2.05, 4.69) is 4.98 Å². The largest absolute Gasteiger partial charge is 0.508 e. The van der Waals surface area contributed by atoms with Gasteiger partial charge in [0.2, 0.25) is 0 Å². The van der Waals surface area contributed by atoms with E-state index >= 15 is 0 Å². The summed E-state index contributed by atoms with van der Waals surface area (Å²) < 4.78 is 0. The normalized spacial score (nSPS) is 10.1. The first kappa shape index (κ1) is 9.33. The molecule has 0 bridgehead atoms. The summed E-state index contributed by atoms with van der Waals surface area (Å²) in [7, 11) is 0. The Morgan fingerprint density at radius 1 is 0.933 bits per heavy atom. The van der Waals surface area contributed by atoms with Gasteiger partial charge in [-0.3, -0.25) is 9.78 Å². The number of H-pyrrole nitrogens is 1. The monoisotopic (exact) mass is 203 g/mol. The molecule has 4 nitrogen and oxygen atoms in total. The fourth-order valence-corrected chi connectivity index (χ4v) is 1.35. The maximum absolute atomic E-state index is 11.1. The topological polar surface area (TPSA) is 73.3 Å². The van der Waals surface area contributed by atoms with Crippen LogP contribution in [0.25, 0.3) is 11.1 Å². The second kappa shape index (κ2) is 3.49. The Bertz CT molecular complexity index is 528. The highest BCUT2D eigenvalue weighted by atomic mass is 16.3. The van der Waals surface area contributed by atoms with E-state index in [1.165, 1.54) is 24.3 Å². The van der Waals surface area contributed by atoms with Crippen LogP contribution in [0.1, 0.15) is 0 Å². The van der Waals surface area contributed by atoms with E-state index < -0.39 is 0 Å². The first-order valence-electron chi connectivity index (χ1n) is 4.38. The van der Waals surface area contributed by atoms with Crippen molar-refractivity contribution in [2.75, 3.05) is 0 Å². The molecule has 2 rings (SSSR count). The van der Waals surface area contributed by atoms with Crippen molar-refractivity contribution in [2.24, 2.45) is 0 Å². The highest BCUT2D eigenvalue weighted by Gasteiger charge is 2.00. The smallest absolute Gasteiger partial charge is 0.251 e. The molecule has 0 spiro atoms. The Morgan fingerprint density at radius 3 is 2.20 bits per heavy atom. The number of nitrogens with one attached hydrogen (secondary N) is 1. The van der Waals surface area contributed by atoms with Crippen LogP contribution in [0.15, 0.2) is 41.2 Å². The van der Waals surface area contributed by atoms with Crippen LogP contribution in [-0.4, -0.2) is 15.2 Å². The lowest BCUT2D eigenvalue weighted by atomic mass is 10.1. The van der Waals surface area contributed by atoms with Gasteiger partial charge in [0.1, 0.15) is 5.75 Å². The third kappa shape index (κ3) is 1.99. The summed E-state index contributed by atoms with van der Waals surface area (Å²) in [6, 6.07) is 9.22. The van der Waals surface area contributed by atoms with Gasteiger partial charge in [-0.25, -0.2) is 0 Å². The molecule has 0 aliphatic carbocycles. The number of aromatic amines is 1. The summed E-state index contributed by atoms with van der Waals surface area (Å²) in [6.07, 6.45) is 0. The summed E-state index contributed by atoms with van der Waals surface area (Å²) in [4.78, 5) is 13.3. The molecule has 0 fully saturated rings. The number of phenolic OH excluding ortho intramolecular Hbond substituents is 1. The fraction of sp³-hybridized carbons (Fsp3) is 0. The SMILES string of the molecule is O=c1cc(-c2ccc(O)cc2)cc(O)[nH]1. The molecule has 1 aromatic heterocycles. The van der Waals surface area contributed by atoms with Crippen molar-refractivity contribution in [2.45, 2.75) is 0 Å². The van der Waals surface area contributed by atoms with Gasteiger partial charge in [0.25, 0.3) is 5.56 Å².